The second-order valence-electron chi connectivity index (χ2n) is 5.45. The number of rotatable bonds is 2. The smallest absolute Gasteiger partial charge is 0.119 e. The molecule has 2 nitrogen and oxygen atoms in total. The summed E-state index contributed by atoms with van der Waals surface area (Å²) in [5.41, 5.74) is 6.25. The first-order valence-electron chi connectivity index (χ1n) is 7.48. The minimum Gasteiger partial charge on any atom is -0.497 e. The van der Waals surface area contributed by atoms with Gasteiger partial charge < -0.3 is 9.64 Å². The third-order valence-electron chi connectivity index (χ3n) is 4.14. The van der Waals surface area contributed by atoms with Gasteiger partial charge in [0.15, 0.2) is 0 Å². The molecule has 0 unspecified atom stereocenters. The van der Waals surface area contributed by atoms with E-state index >= 15 is 0 Å². The van der Waals surface area contributed by atoms with Crippen molar-refractivity contribution in [1.29, 1.82) is 0 Å². The highest BCUT2D eigenvalue weighted by Crippen LogP contribution is 2.42. The molecule has 1 heterocycles. The lowest BCUT2D eigenvalue weighted by Crippen LogP contribution is -2.22. The standard InChI is InChI=1S/C20H17NO/c1-22-18-12-10-17(11-13-18)21-19-8-4-2-6-15(19)14-16-7-3-5-9-20(16)21/h2-6,8-14H,7H2,1H3. The van der Waals surface area contributed by atoms with Gasteiger partial charge >= 0.3 is 0 Å². The quantitative estimate of drug-likeness (QED) is 0.764. The number of ether oxygens (including phenoxy) is 1. The van der Waals surface area contributed by atoms with E-state index in [0.29, 0.717) is 0 Å². The van der Waals surface area contributed by atoms with Crippen molar-refractivity contribution in [2.75, 3.05) is 12.0 Å². The predicted octanol–water partition coefficient (Wildman–Crippen LogP) is 5.07. The van der Waals surface area contributed by atoms with E-state index in [1.807, 2.05) is 12.1 Å². The summed E-state index contributed by atoms with van der Waals surface area (Å²) in [6.45, 7) is 0. The third kappa shape index (κ3) is 2.04. The first kappa shape index (κ1) is 13.0. The summed E-state index contributed by atoms with van der Waals surface area (Å²) in [6.07, 6.45) is 9.81. The molecule has 0 spiro atoms. The molecule has 0 amide bonds. The van der Waals surface area contributed by atoms with E-state index in [1.54, 1.807) is 7.11 Å². The predicted molar refractivity (Wildman–Crippen MR) is 91.4 cm³/mol. The Balaban J connectivity index is 1.89. The number of hydrogen-bond acceptors (Lipinski definition) is 2. The lowest BCUT2D eigenvalue weighted by molar-refractivity contribution is 0.415. The maximum atomic E-state index is 5.28. The van der Waals surface area contributed by atoms with Crippen molar-refractivity contribution in [3.05, 3.63) is 83.6 Å². The van der Waals surface area contributed by atoms with E-state index in [2.05, 4.69) is 65.6 Å². The van der Waals surface area contributed by atoms with Crippen LogP contribution in [0, 0.1) is 0 Å². The summed E-state index contributed by atoms with van der Waals surface area (Å²) in [5, 5.41) is 0. The van der Waals surface area contributed by atoms with Crippen LogP contribution in [0.15, 0.2) is 78.0 Å². The third-order valence-corrected chi connectivity index (χ3v) is 4.14. The molecule has 0 fully saturated rings. The fraction of sp³-hybridized carbons (Fsp3) is 0.100. The number of methoxy groups -OCH3 is 1. The van der Waals surface area contributed by atoms with Gasteiger partial charge in [-0.3, -0.25) is 0 Å². The zero-order valence-electron chi connectivity index (χ0n) is 12.5. The van der Waals surface area contributed by atoms with Gasteiger partial charge in [-0.2, -0.15) is 0 Å². The molecule has 0 saturated heterocycles. The fourth-order valence-corrected chi connectivity index (χ4v) is 3.06. The molecule has 2 aliphatic rings. The number of benzene rings is 2. The molecule has 0 aromatic heterocycles. The number of hydrogen-bond donors (Lipinski definition) is 0. The first-order chi connectivity index (χ1) is 10.9. The summed E-state index contributed by atoms with van der Waals surface area (Å²) in [7, 11) is 1.69. The largest absolute Gasteiger partial charge is 0.497 e. The Labute approximate surface area is 130 Å². The second kappa shape index (κ2) is 5.23. The van der Waals surface area contributed by atoms with E-state index in [4.69, 9.17) is 4.74 Å². The lowest BCUT2D eigenvalue weighted by atomic mass is 9.93. The molecule has 108 valence electrons. The van der Waals surface area contributed by atoms with Crippen molar-refractivity contribution in [2.24, 2.45) is 0 Å². The summed E-state index contributed by atoms with van der Waals surface area (Å²) < 4.78 is 5.28. The van der Waals surface area contributed by atoms with Crippen LogP contribution in [0.5, 0.6) is 5.75 Å². The number of fused-ring (bicyclic) bond motifs is 2. The zero-order valence-corrected chi connectivity index (χ0v) is 12.5. The van der Waals surface area contributed by atoms with Crippen LogP contribution in [0.3, 0.4) is 0 Å². The Kier molecular flexibility index (Phi) is 3.08. The molecule has 0 bridgehead atoms. The Morgan fingerprint density at radius 2 is 1.82 bits per heavy atom. The van der Waals surface area contributed by atoms with Crippen LogP contribution in [-0.4, -0.2) is 7.11 Å². The Morgan fingerprint density at radius 1 is 1.00 bits per heavy atom. The highest BCUT2D eigenvalue weighted by Gasteiger charge is 2.24. The molecule has 0 atom stereocenters. The molecule has 0 N–H and O–H groups in total. The van der Waals surface area contributed by atoms with E-state index in [9.17, 15) is 0 Å². The molecule has 4 rings (SSSR count). The van der Waals surface area contributed by atoms with Gasteiger partial charge in [0.2, 0.25) is 0 Å². The number of anilines is 2. The van der Waals surface area contributed by atoms with Crippen molar-refractivity contribution in [1.82, 2.24) is 0 Å². The van der Waals surface area contributed by atoms with Crippen molar-refractivity contribution in [2.45, 2.75) is 6.42 Å². The normalized spacial score (nSPS) is 15.6. The van der Waals surface area contributed by atoms with Gasteiger partial charge in [0.1, 0.15) is 5.75 Å². The number of para-hydroxylation sites is 1. The van der Waals surface area contributed by atoms with Crippen LogP contribution >= 0.6 is 0 Å². The summed E-state index contributed by atoms with van der Waals surface area (Å²) in [5.74, 6) is 0.877. The molecule has 0 radical (unpaired) electrons. The first-order valence-corrected chi connectivity index (χ1v) is 7.48. The van der Waals surface area contributed by atoms with Gasteiger partial charge in [0, 0.05) is 11.4 Å². The fourth-order valence-electron chi connectivity index (χ4n) is 3.06. The molecular formula is C20H17NO. The summed E-state index contributed by atoms with van der Waals surface area (Å²) >= 11 is 0. The second-order valence-corrected chi connectivity index (χ2v) is 5.45. The van der Waals surface area contributed by atoms with Crippen molar-refractivity contribution in [3.63, 3.8) is 0 Å². The van der Waals surface area contributed by atoms with E-state index < -0.39 is 0 Å². The van der Waals surface area contributed by atoms with Gasteiger partial charge in [-0.15, -0.1) is 0 Å². The van der Waals surface area contributed by atoms with E-state index in [0.717, 1.165) is 17.9 Å². The Hall–Kier alpha value is -2.74. The van der Waals surface area contributed by atoms with Crippen molar-refractivity contribution < 1.29 is 4.74 Å². The maximum Gasteiger partial charge on any atom is 0.119 e. The molecule has 2 heteroatoms. The van der Waals surface area contributed by atoms with Crippen molar-refractivity contribution >= 4 is 17.5 Å². The molecule has 1 aliphatic carbocycles. The highest BCUT2D eigenvalue weighted by atomic mass is 16.5. The topological polar surface area (TPSA) is 12.5 Å². The number of allylic oxidation sites excluding steroid dienone is 4. The molecule has 2 aromatic rings. The summed E-state index contributed by atoms with van der Waals surface area (Å²) in [6, 6.07) is 16.8. The van der Waals surface area contributed by atoms with Crippen LogP contribution in [0.2, 0.25) is 0 Å². The Morgan fingerprint density at radius 3 is 2.64 bits per heavy atom. The minimum absolute atomic E-state index is 0.877. The Bertz CT molecular complexity index is 797. The highest BCUT2D eigenvalue weighted by molar-refractivity contribution is 5.86. The average Bonchev–Trinajstić information content (AvgIpc) is 2.60. The molecule has 2 aromatic carbocycles. The van der Waals surface area contributed by atoms with Gasteiger partial charge in [-0.05, 0) is 60.0 Å². The lowest BCUT2D eigenvalue weighted by Gasteiger charge is -2.34. The molecular weight excluding hydrogens is 270 g/mol. The van der Waals surface area contributed by atoms with E-state index in [-0.39, 0.29) is 0 Å². The van der Waals surface area contributed by atoms with E-state index in [1.165, 1.54) is 22.5 Å². The maximum absolute atomic E-state index is 5.28. The van der Waals surface area contributed by atoms with Crippen LogP contribution < -0.4 is 9.64 Å². The molecule has 0 saturated carbocycles. The number of nitrogens with zero attached hydrogens (tertiary/aromatic N) is 1. The van der Waals surface area contributed by atoms with Crippen LogP contribution in [0.4, 0.5) is 11.4 Å². The van der Waals surface area contributed by atoms with Gasteiger partial charge in [0.25, 0.3) is 0 Å². The monoisotopic (exact) mass is 287 g/mol. The zero-order chi connectivity index (χ0) is 14.9. The average molecular weight is 287 g/mol. The van der Waals surface area contributed by atoms with Crippen molar-refractivity contribution in [3.8, 4) is 5.75 Å². The van der Waals surface area contributed by atoms with Gasteiger partial charge in [0.05, 0.1) is 12.8 Å². The van der Waals surface area contributed by atoms with Crippen LogP contribution in [0.25, 0.3) is 6.08 Å². The molecule has 1 aliphatic heterocycles. The molecule has 22 heavy (non-hydrogen) atoms. The SMILES string of the molecule is COc1ccc(N2C3=CC=CCC3=Cc3ccccc32)cc1. The van der Waals surface area contributed by atoms with Crippen LogP contribution in [0.1, 0.15) is 12.0 Å². The minimum atomic E-state index is 0.877. The van der Waals surface area contributed by atoms with Gasteiger partial charge in [-0.25, -0.2) is 0 Å². The van der Waals surface area contributed by atoms with Gasteiger partial charge in [-0.1, -0.05) is 30.4 Å². The summed E-state index contributed by atoms with van der Waals surface area (Å²) in [4.78, 5) is 2.33. The van der Waals surface area contributed by atoms with Crippen LogP contribution in [-0.2, 0) is 0 Å².